The summed E-state index contributed by atoms with van der Waals surface area (Å²) >= 11 is 0. The molecule has 3 nitrogen and oxygen atoms in total. The Morgan fingerprint density at radius 2 is 1.38 bits per heavy atom. The average molecular weight is 225 g/mol. The van der Waals surface area contributed by atoms with Crippen molar-refractivity contribution < 1.29 is 9.47 Å². The van der Waals surface area contributed by atoms with Gasteiger partial charge in [0, 0.05) is 29.4 Å². The molecule has 0 bridgehead atoms. The van der Waals surface area contributed by atoms with Crippen molar-refractivity contribution in [2.75, 3.05) is 19.5 Å². The highest BCUT2D eigenvalue weighted by atomic mass is 16.5. The molecule has 1 N–H and O–H groups in total. The van der Waals surface area contributed by atoms with Crippen molar-refractivity contribution in [3.05, 3.63) is 18.2 Å². The Kier molecular flexibility index (Phi) is 5.15. The van der Waals surface area contributed by atoms with Crippen molar-refractivity contribution in [1.29, 1.82) is 0 Å². The molecule has 0 amide bonds. The SMILES string of the molecule is C.COc1cc(NC(C)(C)C)cc(OC)c1. The fraction of sp³-hybridized carbons (Fsp3) is 0.538. The Morgan fingerprint density at radius 1 is 0.938 bits per heavy atom. The van der Waals surface area contributed by atoms with Crippen LogP contribution in [0.1, 0.15) is 28.2 Å². The Bertz CT molecular complexity index is 307. The molecule has 0 radical (unpaired) electrons. The van der Waals surface area contributed by atoms with E-state index in [1.807, 2.05) is 18.2 Å². The average Bonchev–Trinajstić information content (AvgIpc) is 2.14. The standard InChI is InChI=1S/C12H19NO2.CH4/c1-12(2,3)13-9-6-10(14-4)8-11(7-9)15-5;/h6-8,13H,1-5H3;1H4. The van der Waals surface area contributed by atoms with E-state index in [-0.39, 0.29) is 13.0 Å². The number of hydrogen-bond acceptors (Lipinski definition) is 3. The summed E-state index contributed by atoms with van der Waals surface area (Å²) in [6, 6.07) is 5.76. The number of benzene rings is 1. The minimum atomic E-state index is 0. The van der Waals surface area contributed by atoms with Crippen LogP contribution in [0.25, 0.3) is 0 Å². The highest BCUT2D eigenvalue weighted by Gasteiger charge is 2.10. The summed E-state index contributed by atoms with van der Waals surface area (Å²) < 4.78 is 10.4. The van der Waals surface area contributed by atoms with Gasteiger partial charge in [0.1, 0.15) is 11.5 Å². The summed E-state index contributed by atoms with van der Waals surface area (Å²) in [5.41, 5.74) is 1.02. The predicted molar refractivity (Wildman–Crippen MR) is 69.7 cm³/mol. The zero-order valence-corrected chi connectivity index (χ0v) is 10.0. The number of anilines is 1. The van der Waals surface area contributed by atoms with E-state index >= 15 is 0 Å². The summed E-state index contributed by atoms with van der Waals surface area (Å²) in [6.45, 7) is 6.33. The van der Waals surface area contributed by atoms with E-state index in [0.29, 0.717) is 0 Å². The smallest absolute Gasteiger partial charge is 0.124 e. The van der Waals surface area contributed by atoms with Gasteiger partial charge in [-0.3, -0.25) is 0 Å². The molecule has 0 atom stereocenters. The zero-order chi connectivity index (χ0) is 11.5. The van der Waals surface area contributed by atoms with Crippen LogP contribution in [0, 0.1) is 0 Å². The molecule has 16 heavy (non-hydrogen) atoms. The maximum atomic E-state index is 5.19. The Morgan fingerprint density at radius 3 is 1.69 bits per heavy atom. The minimum Gasteiger partial charge on any atom is -0.497 e. The molecule has 0 aliphatic carbocycles. The van der Waals surface area contributed by atoms with Crippen LogP contribution in [0.2, 0.25) is 0 Å². The van der Waals surface area contributed by atoms with Gasteiger partial charge in [0.2, 0.25) is 0 Å². The fourth-order valence-corrected chi connectivity index (χ4v) is 1.31. The molecule has 0 fully saturated rings. The molecule has 1 aromatic rings. The summed E-state index contributed by atoms with van der Waals surface area (Å²) in [4.78, 5) is 0. The molecule has 92 valence electrons. The van der Waals surface area contributed by atoms with Crippen LogP contribution in [0.3, 0.4) is 0 Å². The van der Waals surface area contributed by atoms with Gasteiger partial charge in [-0.25, -0.2) is 0 Å². The lowest BCUT2D eigenvalue weighted by atomic mass is 10.1. The van der Waals surface area contributed by atoms with Gasteiger partial charge in [-0.15, -0.1) is 0 Å². The Hall–Kier alpha value is -1.38. The van der Waals surface area contributed by atoms with Gasteiger partial charge < -0.3 is 14.8 Å². The number of rotatable bonds is 3. The molecule has 0 aliphatic rings. The third-order valence-corrected chi connectivity index (χ3v) is 1.87. The van der Waals surface area contributed by atoms with Crippen molar-refractivity contribution >= 4 is 5.69 Å². The lowest BCUT2D eigenvalue weighted by Crippen LogP contribution is -2.25. The number of hydrogen-bond donors (Lipinski definition) is 1. The normalized spacial score (nSPS) is 10.3. The molecular weight excluding hydrogens is 202 g/mol. The molecular formula is C13H23NO2. The minimum absolute atomic E-state index is 0. The first-order valence-electron chi connectivity index (χ1n) is 4.96. The van der Waals surface area contributed by atoms with Gasteiger partial charge in [-0.05, 0) is 20.8 Å². The maximum absolute atomic E-state index is 5.19. The van der Waals surface area contributed by atoms with Crippen LogP contribution in [0.5, 0.6) is 11.5 Å². The number of nitrogens with one attached hydrogen (secondary N) is 1. The van der Waals surface area contributed by atoms with E-state index in [1.165, 1.54) is 0 Å². The van der Waals surface area contributed by atoms with Gasteiger partial charge in [0.05, 0.1) is 14.2 Å². The summed E-state index contributed by atoms with van der Waals surface area (Å²) in [7, 11) is 3.30. The van der Waals surface area contributed by atoms with Crippen molar-refractivity contribution in [3.8, 4) is 11.5 Å². The lowest BCUT2D eigenvalue weighted by Gasteiger charge is -2.22. The quantitative estimate of drug-likeness (QED) is 0.853. The first-order chi connectivity index (χ1) is 6.94. The van der Waals surface area contributed by atoms with E-state index in [4.69, 9.17) is 9.47 Å². The molecule has 0 spiro atoms. The van der Waals surface area contributed by atoms with E-state index in [2.05, 4.69) is 26.1 Å². The number of ether oxygens (including phenoxy) is 2. The van der Waals surface area contributed by atoms with Crippen LogP contribution in [0.15, 0.2) is 18.2 Å². The molecule has 1 aromatic carbocycles. The van der Waals surface area contributed by atoms with Crippen LogP contribution in [0.4, 0.5) is 5.69 Å². The van der Waals surface area contributed by atoms with E-state index in [0.717, 1.165) is 17.2 Å². The topological polar surface area (TPSA) is 30.5 Å². The molecule has 1 rings (SSSR count). The molecule has 3 heteroatoms. The first kappa shape index (κ1) is 14.6. The van der Waals surface area contributed by atoms with Gasteiger partial charge in [-0.1, -0.05) is 7.43 Å². The second kappa shape index (κ2) is 5.64. The largest absolute Gasteiger partial charge is 0.497 e. The third-order valence-electron chi connectivity index (χ3n) is 1.87. The van der Waals surface area contributed by atoms with Gasteiger partial charge in [-0.2, -0.15) is 0 Å². The van der Waals surface area contributed by atoms with E-state index in [1.54, 1.807) is 14.2 Å². The monoisotopic (exact) mass is 225 g/mol. The predicted octanol–water partition coefficient (Wildman–Crippen LogP) is 3.55. The van der Waals surface area contributed by atoms with Gasteiger partial charge in [0.15, 0.2) is 0 Å². The van der Waals surface area contributed by atoms with Gasteiger partial charge >= 0.3 is 0 Å². The molecule has 0 heterocycles. The molecule has 0 unspecified atom stereocenters. The highest BCUT2D eigenvalue weighted by molar-refractivity contribution is 5.54. The zero-order valence-electron chi connectivity index (χ0n) is 10.0. The fourth-order valence-electron chi connectivity index (χ4n) is 1.31. The van der Waals surface area contributed by atoms with E-state index in [9.17, 15) is 0 Å². The second-order valence-electron chi connectivity index (χ2n) is 4.48. The Labute approximate surface area is 98.8 Å². The van der Waals surface area contributed by atoms with Crippen LogP contribution < -0.4 is 14.8 Å². The number of methoxy groups -OCH3 is 2. The van der Waals surface area contributed by atoms with Gasteiger partial charge in [0.25, 0.3) is 0 Å². The Balaban J connectivity index is 0.00000225. The van der Waals surface area contributed by atoms with E-state index < -0.39 is 0 Å². The lowest BCUT2D eigenvalue weighted by molar-refractivity contribution is 0.394. The summed E-state index contributed by atoms with van der Waals surface area (Å²) in [6.07, 6.45) is 0. The highest BCUT2D eigenvalue weighted by Crippen LogP contribution is 2.27. The molecule has 0 saturated carbocycles. The first-order valence-corrected chi connectivity index (χ1v) is 4.96. The van der Waals surface area contributed by atoms with Crippen molar-refractivity contribution in [3.63, 3.8) is 0 Å². The third kappa shape index (κ3) is 4.43. The van der Waals surface area contributed by atoms with Crippen LogP contribution >= 0.6 is 0 Å². The summed E-state index contributed by atoms with van der Waals surface area (Å²) in [5.74, 6) is 1.59. The van der Waals surface area contributed by atoms with Crippen molar-refractivity contribution in [2.45, 2.75) is 33.7 Å². The molecule has 0 aliphatic heterocycles. The molecule has 0 saturated heterocycles. The maximum Gasteiger partial charge on any atom is 0.124 e. The molecule has 0 aromatic heterocycles. The van der Waals surface area contributed by atoms with Crippen LogP contribution in [-0.4, -0.2) is 19.8 Å². The second-order valence-corrected chi connectivity index (χ2v) is 4.48. The van der Waals surface area contributed by atoms with Crippen molar-refractivity contribution in [2.24, 2.45) is 0 Å². The van der Waals surface area contributed by atoms with Crippen LogP contribution in [-0.2, 0) is 0 Å². The summed E-state index contributed by atoms with van der Waals surface area (Å²) in [5, 5.41) is 3.37. The van der Waals surface area contributed by atoms with Crippen molar-refractivity contribution in [1.82, 2.24) is 0 Å².